The Bertz CT molecular complexity index is 6680. The highest BCUT2D eigenvalue weighted by molar-refractivity contribution is 7.98. The standard InChI is InChI=1S/C33H32F4N6O2S.C31H30ClFN6O2S.C31H30F2N6O2S/c1-41-19-30(39-20-41)46(2,45)43(26-4-3-5-26)27-9-6-22-15-29-21(18-40-42(29)25-10-7-24(34)8-11-25)16-32(22,17-27)31(44)28-14-23(12-13-38-28)33(35,36)37;1-37-14-12-29(36-37)42(2,41)39(25-9-10-25)26-6-3-21-15-28-20(19-35-38(28)24-7-4-23(33)5-8-24)17-31(21,18-26)30(40)27-16-22(32)11-13-34-27;1-37-14-12-29(36-37)42(2,41)39(25-9-10-25)26-6-3-21-15-28-20(19-35-38(28)24-7-4-22(32)5-8-24)17-31(21,18-26)30(40)27-16-23(33)11-13-34-27/h7-8,10-15,18-20,26-27H,2-6,9,16-17H2,1H3;2*4-5,7-8,11-16,19,25-26H,2-3,6,9-10,17-18H2,1H3/t27-,32-,46?;2*26-,31-,42?/m000/s1. The fourth-order valence-electron chi connectivity index (χ4n) is 20.4. The Labute approximate surface area is 752 Å². The minimum Gasteiger partial charge on any atom is -0.339 e. The molecule has 3 unspecified atom stereocenters. The average molecular weight is 1850 g/mol. The Hall–Kier alpha value is -11.7. The highest BCUT2D eigenvalue weighted by Gasteiger charge is 2.57. The number of aromatic nitrogens is 15. The van der Waals surface area contributed by atoms with Crippen LogP contribution >= 0.6 is 11.6 Å². The van der Waals surface area contributed by atoms with E-state index in [1.807, 2.05) is 20.8 Å². The van der Waals surface area contributed by atoms with Gasteiger partial charge in [0.25, 0.3) is 0 Å². The van der Waals surface area contributed by atoms with Crippen LogP contribution in [0.5, 0.6) is 0 Å². The number of pyridine rings is 3. The van der Waals surface area contributed by atoms with Crippen molar-refractivity contribution in [1.29, 1.82) is 0 Å². The molecule has 6 saturated carbocycles. The summed E-state index contributed by atoms with van der Waals surface area (Å²) in [6.07, 6.45) is 29.0. The van der Waals surface area contributed by atoms with Gasteiger partial charge in [0.15, 0.2) is 32.4 Å². The lowest BCUT2D eigenvalue weighted by Crippen LogP contribution is -2.55. The zero-order valence-corrected chi connectivity index (χ0v) is 74.5. The highest BCUT2D eigenvalue weighted by Crippen LogP contribution is 2.57. The van der Waals surface area contributed by atoms with Crippen molar-refractivity contribution in [3.05, 3.63) is 285 Å². The maximum atomic E-state index is 14.6. The van der Waals surface area contributed by atoms with Crippen molar-refractivity contribution < 1.29 is 57.7 Å². The van der Waals surface area contributed by atoms with E-state index < -0.39 is 68.7 Å². The second-order valence-corrected chi connectivity index (χ2v) is 42.3. The van der Waals surface area contributed by atoms with Gasteiger partial charge in [-0.25, -0.2) is 62.1 Å². The number of allylic oxidation sites excluding steroid dienone is 3. The quantitative estimate of drug-likeness (QED) is 0.0368. The lowest BCUT2D eigenvalue weighted by Gasteiger charge is -2.50. The summed E-state index contributed by atoms with van der Waals surface area (Å²) in [5.41, 5.74) is 5.62. The van der Waals surface area contributed by atoms with Crippen molar-refractivity contribution in [2.75, 3.05) is 0 Å². The van der Waals surface area contributed by atoms with Crippen LogP contribution in [-0.4, -0.2) is 170 Å². The van der Waals surface area contributed by atoms with Gasteiger partial charge in [0.1, 0.15) is 40.4 Å². The Kier molecular flexibility index (Phi) is 22.7. The van der Waals surface area contributed by atoms with Crippen LogP contribution < -0.4 is 0 Å². The second kappa shape index (κ2) is 33.6. The van der Waals surface area contributed by atoms with Crippen molar-refractivity contribution in [3.63, 3.8) is 0 Å². The van der Waals surface area contributed by atoms with Crippen LogP contribution in [0.2, 0.25) is 5.02 Å². The molecule has 0 amide bonds. The van der Waals surface area contributed by atoms with E-state index in [-0.39, 0.29) is 89.5 Å². The molecular weight excluding hydrogens is 1750 g/mol. The highest BCUT2D eigenvalue weighted by atomic mass is 35.5. The van der Waals surface area contributed by atoms with E-state index in [0.717, 1.165) is 126 Å². The predicted octanol–water partition coefficient (Wildman–Crippen LogP) is 16.2. The molecule has 0 spiro atoms. The van der Waals surface area contributed by atoms with E-state index in [2.05, 4.69) is 73.4 Å². The third-order valence-electron chi connectivity index (χ3n) is 27.0. The van der Waals surface area contributed by atoms with Gasteiger partial charge in [0.2, 0.25) is 0 Å². The minimum absolute atomic E-state index is 0.0262. The number of rotatable bonds is 21. The van der Waals surface area contributed by atoms with Crippen molar-refractivity contribution in [1.82, 2.24) is 86.3 Å². The Balaban J connectivity index is 0.000000127. The molecule has 130 heavy (non-hydrogen) atoms. The smallest absolute Gasteiger partial charge is 0.339 e. The Morgan fingerprint density at radius 3 is 1.13 bits per heavy atom. The Morgan fingerprint density at radius 1 is 0.438 bits per heavy atom. The zero-order chi connectivity index (χ0) is 90.9. The van der Waals surface area contributed by atoms with E-state index in [1.54, 1.807) is 159 Å². The monoisotopic (exact) mass is 1840 g/mol. The summed E-state index contributed by atoms with van der Waals surface area (Å²) in [6, 6.07) is 28.5. The van der Waals surface area contributed by atoms with Gasteiger partial charge in [0.05, 0.1) is 110 Å². The molecule has 24 nitrogen and oxygen atoms in total. The topological polar surface area (TPSA) is 258 Å². The fourth-order valence-corrected chi connectivity index (χ4v) is 26.9. The van der Waals surface area contributed by atoms with E-state index in [9.17, 15) is 57.7 Å². The SMILES string of the molecule is C=S(=O)(c1ccn(C)n1)N(C1CC1)[C@H]1CCC2=Cc3c(cnn3-c3ccc(F)cc3)C[C@]2(C(=O)c2cc(Cl)ccn2)C1.C=S(=O)(c1ccn(C)n1)N(C1CC1)[C@H]1CCC2=Cc3c(cnn3-c3ccc(F)cc3)C[C@]2(C(=O)c2cc(F)ccn2)C1.C=S(=O)(c1cn(C)cn1)N(C1CCC1)[C@H]1CCC2=Cc3c(cnn3-c3ccc(F)cc3)C[C@]2(C(=O)c2cc(C(F)(F)F)ccn2)C1. The number of fused-ring (bicyclic) bond motifs is 6. The van der Waals surface area contributed by atoms with E-state index in [4.69, 9.17) is 11.6 Å². The van der Waals surface area contributed by atoms with Crippen LogP contribution in [0.15, 0.2) is 215 Å². The number of imidazole rings is 1. The third-order valence-corrected chi connectivity index (χ3v) is 33.7. The summed E-state index contributed by atoms with van der Waals surface area (Å²) in [7, 11) is -3.50. The summed E-state index contributed by atoms with van der Waals surface area (Å²) >= 11 is 6.31. The molecule has 35 heteroatoms. The summed E-state index contributed by atoms with van der Waals surface area (Å²) < 4.78 is 156. The van der Waals surface area contributed by atoms with E-state index >= 15 is 0 Å². The van der Waals surface area contributed by atoms with Gasteiger partial charge >= 0.3 is 6.18 Å². The van der Waals surface area contributed by atoms with Crippen LogP contribution in [0.25, 0.3) is 35.3 Å². The van der Waals surface area contributed by atoms with Crippen molar-refractivity contribution >= 4 is 93.9 Å². The number of hydrogen-bond donors (Lipinski definition) is 0. The molecule has 0 radical (unpaired) electrons. The van der Waals surface area contributed by atoms with Crippen LogP contribution in [0.3, 0.4) is 0 Å². The molecule has 0 aliphatic heterocycles. The predicted molar refractivity (Wildman–Crippen MR) is 481 cm³/mol. The molecule has 9 aliphatic rings. The molecule has 0 bridgehead atoms. The normalized spacial score (nSPS) is 23.0. The molecule has 0 saturated heterocycles. The zero-order valence-electron chi connectivity index (χ0n) is 71.3. The number of Topliss-reactive ketones (excluding diaryl/α,β-unsaturated/α-hetero) is 3. The van der Waals surface area contributed by atoms with Crippen molar-refractivity contribution in [3.8, 4) is 17.1 Å². The number of carbonyl (C=O) groups excluding carboxylic acids is 3. The number of nitrogens with zero attached hydrogens (tertiary/aromatic N) is 18. The number of halogens is 8. The van der Waals surface area contributed by atoms with E-state index in [1.165, 1.54) is 54.7 Å². The summed E-state index contributed by atoms with van der Waals surface area (Å²) in [6.45, 7) is 0. The third kappa shape index (κ3) is 16.2. The summed E-state index contributed by atoms with van der Waals surface area (Å²) in [4.78, 5) is 60.8. The van der Waals surface area contributed by atoms with E-state index in [0.29, 0.717) is 95.0 Å². The van der Waals surface area contributed by atoms with Gasteiger partial charge in [-0.05, 0) is 283 Å². The van der Waals surface area contributed by atoms with Crippen LogP contribution in [-0.2, 0) is 75.7 Å². The van der Waals surface area contributed by atoms with Crippen molar-refractivity contribution in [2.45, 2.75) is 180 Å². The fraction of sp³-hybridized carbons (Fsp3) is 0.337. The second-order valence-electron chi connectivity index (χ2n) is 35.5. The van der Waals surface area contributed by atoms with Gasteiger partial charge in [-0.3, -0.25) is 38.7 Å². The first kappa shape index (κ1) is 87.7. The minimum atomic E-state index is -4.65. The molecule has 9 atom stereocenters. The molecule has 21 rings (SSSR count). The molecule has 6 fully saturated rings. The molecule has 12 aromatic rings. The summed E-state index contributed by atoms with van der Waals surface area (Å²) in [5.74, 6) is 10.1. The van der Waals surface area contributed by atoms with Crippen molar-refractivity contribution in [2.24, 2.45) is 37.4 Å². The number of carbonyl (C=O) groups is 3. The first-order valence-corrected chi connectivity index (χ1v) is 48.6. The first-order chi connectivity index (χ1) is 62.2. The number of ketones is 3. The van der Waals surface area contributed by atoms with Crippen LogP contribution in [0.1, 0.15) is 174 Å². The molecule has 672 valence electrons. The maximum Gasteiger partial charge on any atom is 0.416 e. The molecule has 0 N–H and O–H groups in total. The first-order valence-electron chi connectivity index (χ1n) is 43.1. The van der Waals surface area contributed by atoms with Gasteiger partial charge in [0, 0.05) is 106 Å². The molecule has 9 aromatic heterocycles. The lowest BCUT2D eigenvalue weighted by atomic mass is 9.60. The Morgan fingerprint density at radius 2 is 0.800 bits per heavy atom. The number of hydrogen-bond acceptors (Lipinski definition) is 15. The average Bonchev–Trinajstić information content (AvgIpc) is 1.40. The molecular formula is C95H92ClF7N18O6S3. The number of aryl methyl sites for hydroxylation is 3. The molecule has 9 heterocycles. The van der Waals surface area contributed by atoms with Gasteiger partial charge in [-0.15, -0.1) is 0 Å². The van der Waals surface area contributed by atoms with Crippen LogP contribution in [0, 0.1) is 39.5 Å². The van der Waals surface area contributed by atoms with Crippen LogP contribution in [0.4, 0.5) is 30.7 Å². The van der Waals surface area contributed by atoms with Gasteiger partial charge in [-0.2, -0.15) is 38.7 Å². The molecule has 3 aromatic carbocycles. The summed E-state index contributed by atoms with van der Waals surface area (Å²) in [5, 5.41) is 24.4. The van der Waals surface area contributed by atoms with Gasteiger partial charge in [-0.1, -0.05) is 34.7 Å². The van der Waals surface area contributed by atoms with Gasteiger partial charge < -0.3 is 4.57 Å². The molecule has 9 aliphatic carbocycles. The lowest BCUT2D eigenvalue weighted by molar-refractivity contribution is -0.137. The number of alkyl halides is 3. The number of benzene rings is 3. The largest absolute Gasteiger partial charge is 0.416 e. The maximum absolute atomic E-state index is 14.6.